The van der Waals surface area contributed by atoms with Gasteiger partial charge < -0.3 is 14.7 Å². The number of carboxylic acids is 1. The SMILES string of the molecule is CCN(CCC(=O)O)C(=O)C1COc2ccccc2C1. The van der Waals surface area contributed by atoms with Crippen LogP contribution in [0.25, 0.3) is 0 Å². The number of fused-ring (bicyclic) bond motifs is 1. The number of carboxylic acid groups (broad SMARTS) is 1. The summed E-state index contributed by atoms with van der Waals surface area (Å²) in [6.07, 6.45) is 0.627. The van der Waals surface area contributed by atoms with Crippen molar-refractivity contribution in [2.24, 2.45) is 5.92 Å². The van der Waals surface area contributed by atoms with Crippen LogP contribution < -0.4 is 4.74 Å². The minimum absolute atomic E-state index is 0.0241. The molecule has 0 aliphatic carbocycles. The molecule has 20 heavy (non-hydrogen) atoms. The van der Waals surface area contributed by atoms with Gasteiger partial charge in [-0.1, -0.05) is 18.2 Å². The first-order valence-corrected chi connectivity index (χ1v) is 6.83. The predicted octanol–water partition coefficient (Wildman–Crippen LogP) is 1.56. The molecule has 1 aromatic carbocycles. The number of benzene rings is 1. The average Bonchev–Trinajstić information content (AvgIpc) is 2.47. The third-order valence-electron chi connectivity index (χ3n) is 3.52. The molecule has 0 bridgehead atoms. The maximum absolute atomic E-state index is 12.4. The number of hydrogen-bond acceptors (Lipinski definition) is 3. The van der Waals surface area contributed by atoms with Crippen molar-refractivity contribution in [3.8, 4) is 5.75 Å². The number of rotatable bonds is 5. The summed E-state index contributed by atoms with van der Waals surface area (Å²) in [7, 11) is 0. The van der Waals surface area contributed by atoms with Gasteiger partial charge >= 0.3 is 5.97 Å². The highest BCUT2D eigenvalue weighted by Crippen LogP contribution is 2.27. The molecule has 1 atom stereocenters. The van der Waals surface area contributed by atoms with Crippen LogP contribution in [0.3, 0.4) is 0 Å². The zero-order chi connectivity index (χ0) is 14.5. The van der Waals surface area contributed by atoms with Crippen molar-refractivity contribution in [3.05, 3.63) is 29.8 Å². The number of carbonyl (C=O) groups excluding carboxylic acids is 1. The summed E-state index contributed by atoms with van der Waals surface area (Å²) in [6.45, 7) is 2.99. The third kappa shape index (κ3) is 3.29. The molecule has 2 rings (SSSR count). The van der Waals surface area contributed by atoms with Gasteiger partial charge in [-0.05, 0) is 25.0 Å². The summed E-state index contributed by atoms with van der Waals surface area (Å²) < 4.78 is 5.61. The maximum atomic E-state index is 12.4. The number of carbonyl (C=O) groups is 2. The Kier molecular flexibility index (Phi) is 4.61. The van der Waals surface area contributed by atoms with Gasteiger partial charge in [0.25, 0.3) is 0 Å². The van der Waals surface area contributed by atoms with Crippen LogP contribution in [0, 0.1) is 5.92 Å². The zero-order valence-electron chi connectivity index (χ0n) is 11.5. The fourth-order valence-corrected chi connectivity index (χ4v) is 2.40. The molecule has 1 aliphatic heterocycles. The lowest BCUT2D eigenvalue weighted by atomic mass is 9.95. The number of ether oxygens (including phenoxy) is 1. The minimum atomic E-state index is -0.888. The van der Waals surface area contributed by atoms with E-state index in [1.54, 1.807) is 4.90 Å². The van der Waals surface area contributed by atoms with Gasteiger partial charge in [0.1, 0.15) is 12.4 Å². The topological polar surface area (TPSA) is 66.8 Å². The molecule has 0 spiro atoms. The lowest BCUT2D eigenvalue weighted by Gasteiger charge is -2.29. The first-order valence-electron chi connectivity index (χ1n) is 6.83. The molecule has 5 nitrogen and oxygen atoms in total. The normalized spacial score (nSPS) is 16.9. The van der Waals surface area contributed by atoms with E-state index in [9.17, 15) is 9.59 Å². The molecule has 1 unspecified atom stereocenters. The number of nitrogens with zero attached hydrogens (tertiary/aromatic N) is 1. The van der Waals surface area contributed by atoms with Crippen molar-refractivity contribution in [2.45, 2.75) is 19.8 Å². The standard InChI is InChI=1S/C15H19NO4/c1-2-16(8-7-14(17)18)15(19)12-9-11-5-3-4-6-13(11)20-10-12/h3-6,12H,2,7-10H2,1H3,(H,17,18). The molecule has 1 aromatic rings. The molecule has 5 heteroatoms. The monoisotopic (exact) mass is 277 g/mol. The van der Waals surface area contributed by atoms with E-state index in [-0.39, 0.29) is 24.8 Å². The smallest absolute Gasteiger partial charge is 0.305 e. The van der Waals surface area contributed by atoms with Crippen LogP contribution in [0.5, 0.6) is 5.75 Å². The van der Waals surface area contributed by atoms with Gasteiger partial charge in [-0.2, -0.15) is 0 Å². The Hall–Kier alpha value is -2.04. The number of aliphatic carboxylic acids is 1. The predicted molar refractivity (Wildman–Crippen MR) is 73.6 cm³/mol. The highest BCUT2D eigenvalue weighted by atomic mass is 16.5. The van der Waals surface area contributed by atoms with Crippen LogP contribution >= 0.6 is 0 Å². The molecular formula is C15H19NO4. The van der Waals surface area contributed by atoms with E-state index in [0.717, 1.165) is 11.3 Å². The first-order chi connectivity index (χ1) is 9.61. The molecule has 0 radical (unpaired) electrons. The second-order valence-corrected chi connectivity index (χ2v) is 4.88. The van der Waals surface area contributed by atoms with Crippen LogP contribution in [0.2, 0.25) is 0 Å². The molecule has 0 fully saturated rings. The van der Waals surface area contributed by atoms with Crippen molar-refractivity contribution in [1.82, 2.24) is 4.90 Å². The van der Waals surface area contributed by atoms with Crippen LogP contribution in [-0.4, -0.2) is 41.6 Å². The largest absolute Gasteiger partial charge is 0.492 e. The van der Waals surface area contributed by atoms with Gasteiger partial charge in [0.2, 0.25) is 5.91 Å². The van der Waals surface area contributed by atoms with Gasteiger partial charge in [0.05, 0.1) is 12.3 Å². The summed E-state index contributed by atoms with van der Waals surface area (Å²) in [6, 6.07) is 7.70. The summed E-state index contributed by atoms with van der Waals surface area (Å²) in [4.78, 5) is 24.6. The average molecular weight is 277 g/mol. The number of para-hydroxylation sites is 1. The second kappa shape index (κ2) is 6.41. The van der Waals surface area contributed by atoms with Crippen molar-refractivity contribution < 1.29 is 19.4 Å². The molecule has 1 heterocycles. The summed E-state index contributed by atoms with van der Waals surface area (Å²) in [5.41, 5.74) is 1.03. The van der Waals surface area contributed by atoms with Crippen LogP contribution in [0.4, 0.5) is 0 Å². The van der Waals surface area contributed by atoms with Crippen LogP contribution in [-0.2, 0) is 16.0 Å². The lowest BCUT2D eigenvalue weighted by molar-refractivity contribution is -0.140. The number of amides is 1. The zero-order valence-corrected chi connectivity index (χ0v) is 11.5. The second-order valence-electron chi connectivity index (χ2n) is 4.88. The lowest BCUT2D eigenvalue weighted by Crippen LogP contribution is -2.41. The van der Waals surface area contributed by atoms with Crippen molar-refractivity contribution >= 4 is 11.9 Å². The minimum Gasteiger partial charge on any atom is -0.492 e. The van der Waals surface area contributed by atoms with Crippen molar-refractivity contribution in [3.63, 3.8) is 0 Å². The molecule has 1 amide bonds. The molecule has 1 aliphatic rings. The highest BCUT2D eigenvalue weighted by molar-refractivity contribution is 5.80. The van der Waals surface area contributed by atoms with Gasteiger partial charge in [-0.25, -0.2) is 0 Å². The Balaban J connectivity index is 2.01. The molecule has 1 N–H and O–H groups in total. The van der Waals surface area contributed by atoms with E-state index in [4.69, 9.17) is 9.84 Å². The summed E-state index contributed by atoms with van der Waals surface area (Å²) in [5, 5.41) is 8.72. The van der Waals surface area contributed by atoms with Gasteiger partial charge in [-0.3, -0.25) is 9.59 Å². The van der Waals surface area contributed by atoms with E-state index < -0.39 is 5.97 Å². The van der Waals surface area contributed by atoms with E-state index in [2.05, 4.69) is 0 Å². The fraction of sp³-hybridized carbons (Fsp3) is 0.467. The van der Waals surface area contributed by atoms with E-state index in [0.29, 0.717) is 19.6 Å². The Labute approximate surface area is 118 Å². The molecule has 0 saturated carbocycles. The third-order valence-corrected chi connectivity index (χ3v) is 3.52. The van der Waals surface area contributed by atoms with Gasteiger partial charge in [0, 0.05) is 13.1 Å². The maximum Gasteiger partial charge on any atom is 0.305 e. The van der Waals surface area contributed by atoms with Crippen LogP contribution in [0.15, 0.2) is 24.3 Å². The Bertz CT molecular complexity index is 500. The van der Waals surface area contributed by atoms with Crippen molar-refractivity contribution in [1.29, 1.82) is 0 Å². The van der Waals surface area contributed by atoms with E-state index in [1.807, 2.05) is 31.2 Å². The quantitative estimate of drug-likeness (QED) is 0.887. The molecule has 108 valence electrons. The van der Waals surface area contributed by atoms with Gasteiger partial charge in [-0.15, -0.1) is 0 Å². The first kappa shape index (κ1) is 14.4. The Morgan fingerprint density at radius 1 is 1.40 bits per heavy atom. The van der Waals surface area contributed by atoms with Crippen molar-refractivity contribution in [2.75, 3.05) is 19.7 Å². The van der Waals surface area contributed by atoms with E-state index >= 15 is 0 Å². The highest BCUT2D eigenvalue weighted by Gasteiger charge is 2.28. The van der Waals surface area contributed by atoms with E-state index in [1.165, 1.54) is 0 Å². The molecule has 0 saturated heterocycles. The van der Waals surface area contributed by atoms with Gasteiger partial charge in [0.15, 0.2) is 0 Å². The van der Waals surface area contributed by atoms with Crippen LogP contribution in [0.1, 0.15) is 18.9 Å². The fourth-order valence-electron chi connectivity index (χ4n) is 2.40. The molecular weight excluding hydrogens is 258 g/mol. The summed E-state index contributed by atoms with van der Waals surface area (Å²) >= 11 is 0. The Morgan fingerprint density at radius 2 is 2.15 bits per heavy atom. The molecule has 0 aromatic heterocycles. The summed E-state index contributed by atoms with van der Waals surface area (Å²) in [5.74, 6) is -0.298. The number of hydrogen-bond donors (Lipinski definition) is 1. The Morgan fingerprint density at radius 3 is 2.85 bits per heavy atom.